The largest absolute Gasteiger partial charge is 0.352 e. The molecule has 22 heavy (non-hydrogen) atoms. The molecule has 1 heterocycles. The van der Waals surface area contributed by atoms with E-state index in [0.29, 0.717) is 15.7 Å². The molecule has 1 amide bonds. The van der Waals surface area contributed by atoms with E-state index in [2.05, 4.69) is 22.0 Å². The van der Waals surface area contributed by atoms with Gasteiger partial charge in [-0.2, -0.15) is 0 Å². The normalized spacial score (nSPS) is 16.7. The second kappa shape index (κ2) is 8.79. The third-order valence-corrected chi connectivity index (χ3v) is 4.92. The van der Waals surface area contributed by atoms with Crippen molar-refractivity contribution < 1.29 is 9.18 Å². The van der Waals surface area contributed by atoms with Gasteiger partial charge in [0.25, 0.3) is 5.91 Å². The predicted molar refractivity (Wildman–Crippen MR) is 94.6 cm³/mol. The van der Waals surface area contributed by atoms with Gasteiger partial charge in [-0.15, -0.1) is 0 Å². The molecule has 0 saturated carbocycles. The molecular formula is C16H23FIN3O. The lowest BCUT2D eigenvalue weighted by molar-refractivity contribution is 0.0947. The number of benzene rings is 1. The Morgan fingerprint density at radius 3 is 2.59 bits per heavy atom. The van der Waals surface area contributed by atoms with Crippen LogP contribution in [0.25, 0.3) is 0 Å². The minimum atomic E-state index is -0.313. The summed E-state index contributed by atoms with van der Waals surface area (Å²) in [6.07, 6.45) is 0.940. The van der Waals surface area contributed by atoms with Crippen LogP contribution in [0.1, 0.15) is 23.7 Å². The van der Waals surface area contributed by atoms with Crippen LogP contribution >= 0.6 is 22.6 Å². The summed E-state index contributed by atoms with van der Waals surface area (Å²) >= 11 is 1.99. The van der Waals surface area contributed by atoms with E-state index in [-0.39, 0.29) is 11.7 Å². The van der Waals surface area contributed by atoms with Crippen LogP contribution in [-0.4, -0.2) is 61.5 Å². The maximum atomic E-state index is 13.0. The highest BCUT2D eigenvalue weighted by atomic mass is 127. The van der Waals surface area contributed by atoms with Gasteiger partial charge >= 0.3 is 0 Å². The molecule has 0 aliphatic carbocycles. The molecule has 0 radical (unpaired) electrons. The molecule has 1 aliphatic heterocycles. The first-order valence-electron chi connectivity index (χ1n) is 7.78. The van der Waals surface area contributed by atoms with Crippen molar-refractivity contribution in [2.45, 2.75) is 13.3 Å². The summed E-state index contributed by atoms with van der Waals surface area (Å²) in [5.74, 6) is -0.438. The van der Waals surface area contributed by atoms with Crippen molar-refractivity contribution in [3.8, 4) is 0 Å². The van der Waals surface area contributed by atoms with Gasteiger partial charge < -0.3 is 15.1 Å². The standard InChI is InChI=1S/C16H23FIN3O/c1-2-20-8-10-21(11-9-20)7-3-6-19-16(22)14-5-4-13(17)12-15(14)18/h4-5,12H,2-3,6-11H2,1H3,(H,19,22). The van der Waals surface area contributed by atoms with Crippen LogP contribution in [-0.2, 0) is 0 Å². The number of piperazine rings is 1. The SMILES string of the molecule is CCN1CCN(CCCNC(=O)c2ccc(F)cc2I)CC1. The summed E-state index contributed by atoms with van der Waals surface area (Å²) in [6, 6.07) is 4.24. The van der Waals surface area contributed by atoms with E-state index < -0.39 is 0 Å². The maximum Gasteiger partial charge on any atom is 0.252 e. The van der Waals surface area contributed by atoms with Gasteiger partial charge in [0.05, 0.1) is 5.56 Å². The van der Waals surface area contributed by atoms with Gasteiger partial charge in [-0.25, -0.2) is 4.39 Å². The Bertz CT molecular complexity index is 504. The Labute approximate surface area is 145 Å². The number of nitrogens with zero attached hydrogens (tertiary/aromatic N) is 2. The van der Waals surface area contributed by atoms with Gasteiger partial charge in [0.15, 0.2) is 0 Å². The predicted octanol–water partition coefficient (Wildman–Crippen LogP) is 2.19. The highest BCUT2D eigenvalue weighted by Crippen LogP contribution is 2.13. The number of likely N-dealkylation sites (N-methyl/N-ethyl adjacent to an activating group) is 1. The molecule has 122 valence electrons. The molecule has 1 N–H and O–H groups in total. The first-order chi connectivity index (χ1) is 10.6. The molecule has 6 heteroatoms. The fourth-order valence-corrected chi connectivity index (χ4v) is 3.32. The van der Waals surface area contributed by atoms with Gasteiger partial charge in [-0.3, -0.25) is 4.79 Å². The molecule has 2 rings (SSSR count). The molecule has 1 aliphatic rings. The number of carbonyl (C=O) groups is 1. The molecule has 1 saturated heterocycles. The smallest absolute Gasteiger partial charge is 0.252 e. The highest BCUT2D eigenvalue weighted by molar-refractivity contribution is 14.1. The molecule has 0 bridgehead atoms. The average Bonchev–Trinajstić information content (AvgIpc) is 2.52. The quantitative estimate of drug-likeness (QED) is 0.568. The van der Waals surface area contributed by atoms with Crippen molar-refractivity contribution >= 4 is 28.5 Å². The van der Waals surface area contributed by atoms with Crippen LogP contribution in [0.4, 0.5) is 4.39 Å². The van der Waals surface area contributed by atoms with Crippen molar-refractivity contribution in [1.29, 1.82) is 0 Å². The Hall–Kier alpha value is -0.730. The van der Waals surface area contributed by atoms with E-state index in [0.717, 1.165) is 45.7 Å². The lowest BCUT2D eigenvalue weighted by Gasteiger charge is -2.33. The monoisotopic (exact) mass is 419 g/mol. The summed E-state index contributed by atoms with van der Waals surface area (Å²) in [4.78, 5) is 16.9. The van der Waals surface area contributed by atoms with E-state index in [1.54, 1.807) is 0 Å². The van der Waals surface area contributed by atoms with Crippen LogP contribution < -0.4 is 5.32 Å². The van der Waals surface area contributed by atoms with Crippen molar-refractivity contribution in [2.24, 2.45) is 0 Å². The minimum Gasteiger partial charge on any atom is -0.352 e. The van der Waals surface area contributed by atoms with Gasteiger partial charge in [0.1, 0.15) is 5.82 Å². The summed E-state index contributed by atoms with van der Waals surface area (Å²) < 4.78 is 13.7. The molecule has 1 aromatic rings. The third-order valence-electron chi connectivity index (χ3n) is 4.02. The maximum absolute atomic E-state index is 13.0. The van der Waals surface area contributed by atoms with E-state index >= 15 is 0 Å². The van der Waals surface area contributed by atoms with Crippen molar-refractivity contribution in [1.82, 2.24) is 15.1 Å². The van der Waals surface area contributed by atoms with Crippen LogP contribution in [0.5, 0.6) is 0 Å². The lowest BCUT2D eigenvalue weighted by atomic mass is 10.2. The Morgan fingerprint density at radius 1 is 1.27 bits per heavy atom. The second-order valence-electron chi connectivity index (χ2n) is 5.51. The zero-order valence-electron chi connectivity index (χ0n) is 12.9. The van der Waals surface area contributed by atoms with Crippen LogP contribution in [0.2, 0.25) is 0 Å². The molecule has 0 aromatic heterocycles. The van der Waals surface area contributed by atoms with Crippen molar-refractivity contribution in [3.63, 3.8) is 0 Å². The molecule has 4 nitrogen and oxygen atoms in total. The Balaban J connectivity index is 1.67. The number of hydrogen-bond donors (Lipinski definition) is 1. The third kappa shape index (κ3) is 5.17. The van der Waals surface area contributed by atoms with E-state index in [9.17, 15) is 9.18 Å². The van der Waals surface area contributed by atoms with Gasteiger partial charge in [0, 0.05) is 36.3 Å². The molecule has 1 fully saturated rings. The minimum absolute atomic E-state index is 0.125. The van der Waals surface area contributed by atoms with Gasteiger partial charge in [-0.1, -0.05) is 6.92 Å². The summed E-state index contributed by atoms with van der Waals surface area (Å²) in [7, 11) is 0. The number of amides is 1. The molecule has 0 unspecified atom stereocenters. The number of rotatable bonds is 6. The highest BCUT2D eigenvalue weighted by Gasteiger charge is 2.15. The Kier molecular flexibility index (Phi) is 7.04. The van der Waals surface area contributed by atoms with Gasteiger partial charge in [-0.05, 0) is 60.3 Å². The van der Waals surface area contributed by atoms with E-state index in [4.69, 9.17) is 0 Å². The van der Waals surface area contributed by atoms with Crippen LogP contribution in [0.15, 0.2) is 18.2 Å². The number of hydrogen-bond acceptors (Lipinski definition) is 3. The van der Waals surface area contributed by atoms with E-state index in [1.807, 2.05) is 22.6 Å². The summed E-state index contributed by atoms with van der Waals surface area (Å²) in [5, 5.41) is 2.92. The summed E-state index contributed by atoms with van der Waals surface area (Å²) in [5.41, 5.74) is 0.540. The number of halogens is 2. The molecule has 1 aromatic carbocycles. The zero-order chi connectivity index (χ0) is 15.9. The fraction of sp³-hybridized carbons (Fsp3) is 0.562. The molecular weight excluding hydrogens is 396 g/mol. The second-order valence-corrected chi connectivity index (χ2v) is 6.67. The average molecular weight is 419 g/mol. The lowest BCUT2D eigenvalue weighted by Crippen LogP contribution is -2.46. The molecule has 0 atom stereocenters. The van der Waals surface area contributed by atoms with Crippen LogP contribution in [0, 0.1) is 9.39 Å². The zero-order valence-corrected chi connectivity index (χ0v) is 15.1. The van der Waals surface area contributed by atoms with Crippen molar-refractivity contribution in [3.05, 3.63) is 33.1 Å². The Morgan fingerprint density at radius 2 is 1.95 bits per heavy atom. The van der Waals surface area contributed by atoms with Crippen molar-refractivity contribution in [2.75, 3.05) is 45.8 Å². The number of nitrogens with one attached hydrogen (secondary N) is 1. The first-order valence-corrected chi connectivity index (χ1v) is 8.86. The summed E-state index contributed by atoms with van der Waals surface area (Å²) in [6.45, 7) is 9.48. The van der Waals surface area contributed by atoms with E-state index in [1.165, 1.54) is 18.2 Å². The topological polar surface area (TPSA) is 35.6 Å². The molecule has 0 spiro atoms. The van der Waals surface area contributed by atoms with Gasteiger partial charge in [0.2, 0.25) is 0 Å². The fourth-order valence-electron chi connectivity index (χ4n) is 2.60. The first kappa shape index (κ1) is 17.6. The number of carbonyl (C=O) groups excluding carboxylic acids is 1. The van der Waals surface area contributed by atoms with Crippen LogP contribution in [0.3, 0.4) is 0 Å².